The van der Waals surface area contributed by atoms with Gasteiger partial charge in [0.2, 0.25) is 0 Å². The zero-order chi connectivity index (χ0) is 15.5. The van der Waals surface area contributed by atoms with Gasteiger partial charge in [-0.25, -0.2) is 8.78 Å². The van der Waals surface area contributed by atoms with Gasteiger partial charge in [0.05, 0.1) is 5.56 Å². The number of ketones is 1. The van der Waals surface area contributed by atoms with Crippen molar-refractivity contribution in [2.45, 2.75) is 0 Å². The van der Waals surface area contributed by atoms with Gasteiger partial charge in [-0.05, 0) is 35.9 Å². The fourth-order valence-corrected chi connectivity index (χ4v) is 2.11. The summed E-state index contributed by atoms with van der Waals surface area (Å²) in [7, 11) is 0. The summed E-state index contributed by atoms with van der Waals surface area (Å²) in [5.41, 5.74) is 0.551. The molecule has 0 radical (unpaired) electrons. The summed E-state index contributed by atoms with van der Waals surface area (Å²) in [6.07, 6.45) is 2.78. The maximum Gasteiger partial charge on any atom is 0.188 e. The van der Waals surface area contributed by atoms with Gasteiger partial charge in [-0.2, -0.15) is 0 Å². The van der Waals surface area contributed by atoms with Crippen molar-refractivity contribution >= 4 is 11.9 Å². The number of carbonyl (C=O) groups is 1. The minimum atomic E-state index is -0.878. The number of hydrogen-bond donors (Lipinski definition) is 0. The zero-order valence-corrected chi connectivity index (χ0v) is 11.5. The monoisotopic (exact) mass is 302 g/mol. The molecule has 2 aromatic rings. The van der Waals surface area contributed by atoms with E-state index >= 15 is 0 Å². The molecule has 0 unspecified atom stereocenters. The maximum atomic E-state index is 13.5. The van der Waals surface area contributed by atoms with Crippen LogP contribution >= 0.6 is 0 Å². The molecule has 0 saturated heterocycles. The Bertz CT molecular complexity index is 754. The van der Waals surface area contributed by atoms with E-state index in [4.69, 9.17) is 9.47 Å². The fraction of sp³-hybridized carbons (Fsp3) is 0.118. The van der Waals surface area contributed by atoms with Crippen LogP contribution in [0.2, 0.25) is 0 Å². The second-order valence-corrected chi connectivity index (χ2v) is 4.72. The van der Waals surface area contributed by atoms with Crippen molar-refractivity contribution in [2.24, 2.45) is 0 Å². The van der Waals surface area contributed by atoms with Crippen LogP contribution in [0.15, 0.2) is 42.5 Å². The molecule has 1 heterocycles. The normalized spacial score (nSPS) is 13.4. The van der Waals surface area contributed by atoms with E-state index in [9.17, 15) is 13.6 Å². The van der Waals surface area contributed by atoms with Crippen molar-refractivity contribution in [3.8, 4) is 11.5 Å². The van der Waals surface area contributed by atoms with E-state index < -0.39 is 17.4 Å². The highest BCUT2D eigenvalue weighted by atomic mass is 19.1. The Balaban J connectivity index is 1.80. The Labute approximate surface area is 125 Å². The van der Waals surface area contributed by atoms with Gasteiger partial charge in [0.1, 0.15) is 24.8 Å². The van der Waals surface area contributed by atoms with Crippen molar-refractivity contribution in [2.75, 3.05) is 13.2 Å². The molecular formula is C17H12F2O3. The summed E-state index contributed by atoms with van der Waals surface area (Å²) in [5, 5.41) is 0. The summed E-state index contributed by atoms with van der Waals surface area (Å²) < 4.78 is 37.2. The van der Waals surface area contributed by atoms with Crippen LogP contribution < -0.4 is 9.47 Å². The van der Waals surface area contributed by atoms with Crippen LogP contribution in [0.3, 0.4) is 0 Å². The Morgan fingerprint density at radius 2 is 1.77 bits per heavy atom. The number of hydrogen-bond acceptors (Lipinski definition) is 3. The summed E-state index contributed by atoms with van der Waals surface area (Å²) in [6, 6.07) is 8.11. The van der Waals surface area contributed by atoms with E-state index in [1.807, 2.05) is 0 Å². The maximum absolute atomic E-state index is 13.5. The third-order valence-electron chi connectivity index (χ3n) is 3.19. The third kappa shape index (κ3) is 2.98. The Morgan fingerprint density at radius 3 is 2.55 bits per heavy atom. The molecule has 112 valence electrons. The van der Waals surface area contributed by atoms with Gasteiger partial charge in [-0.15, -0.1) is 0 Å². The molecule has 0 atom stereocenters. The molecule has 0 saturated carbocycles. The molecule has 2 aromatic carbocycles. The lowest BCUT2D eigenvalue weighted by Gasteiger charge is -2.18. The summed E-state index contributed by atoms with van der Waals surface area (Å²) in [5.74, 6) is -0.873. The van der Waals surface area contributed by atoms with Crippen LogP contribution in [0.25, 0.3) is 6.08 Å². The SMILES string of the molecule is O=C(/C=C/c1ccc2c(c1)OCCO2)c1ccc(F)cc1F. The van der Waals surface area contributed by atoms with Crippen molar-refractivity contribution in [3.05, 3.63) is 65.2 Å². The van der Waals surface area contributed by atoms with Crippen LogP contribution in [-0.4, -0.2) is 19.0 Å². The van der Waals surface area contributed by atoms with E-state index in [1.165, 1.54) is 6.08 Å². The summed E-state index contributed by atoms with van der Waals surface area (Å²) >= 11 is 0. The topological polar surface area (TPSA) is 35.5 Å². The molecular weight excluding hydrogens is 290 g/mol. The highest BCUT2D eigenvalue weighted by Gasteiger charge is 2.12. The van der Waals surface area contributed by atoms with Crippen LogP contribution in [-0.2, 0) is 0 Å². The summed E-state index contributed by atoms with van der Waals surface area (Å²) in [6.45, 7) is 0.977. The molecule has 0 aliphatic carbocycles. The lowest BCUT2D eigenvalue weighted by molar-refractivity contribution is 0.104. The first kappa shape index (κ1) is 14.3. The highest BCUT2D eigenvalue weighted by molar-refractivity contribution is 6.07. The molecule has 0 N–H and O–H groups in total. The van der Waals surface area contributed by atoms with Crippen molar-refractivity contribution in [3.63, 3.8) is 0 Å². The first-order valence-corrected chi connectivity index (χ1v) is 6.70. The van der Waals surface area contributed by atoms with Gasteiger partial charge < -0.3 is 9.47 Å². The molecule has 1 aliphatic rings. The third-order valence-corrected chi connectivity index (χ3v) is 3.19. The van der Waals surface area contributed by atoms with Gasteiger partial charge in [0.15, 0.2) is 17.3 Å². The lowest BCUT2D eigenvalue weighted by atomic mass is 10.1. The van der Waals surface area contributed by atoms with Crippen molar-refractivity contribution in [1.82, 2.24) is 0 Å². The molecule has 22 heavy (non-hydrogen) atoms. The van der Waals surface area contributed by atoms with E-state index in [2.05, 4.69) is 0 Å². The van der Waals surface area contributed by atoms with Gasteiger partial charge in [0, 0.05) is 6.07 Å². The molecule has 1 aliphatic heterocycles. The second kappa shape index (κ2) is 5.97. The summed E-state index contributed by atoms with van der Waals surface area (Å²) in [4.78, 5) is 11.9. The number of allylic oxidation sites excluding steroid dienone is 1. The molecule has 0 fully saturated rings. The highest BCUT2D eigenvalue weighted by Crippen LogP contribution is 2.31. The smallest absolute Gasteiger partial charge is 0.188 e. The van der Waals surface area contributed by atoms with Crippen LogP contribution in [0, 0.1) is 11.6 Å². The molecule has 0 aromatic heterocycles. The molecule has 3 nitrogen and oxygen atoms in total. The molecule has 0 spiro atoms. The first-order chi connectivity index (χ1) is 10.6. The second-order valence-electron chi connectivity index (χ2n) is 4.72. The Morgan fingerprint density at radius 1 is 1.00 bits per heavy atom. The van der Waals surface area contributed by atoms with E-state index in [0.29, 0.717) is 30.8 Å². The minimum Gasteiger partial charge on any atom is -0.486 e. The Kier molecular flexibility index (Phi) is 3.87. The zero-order valence-electron chi connectivity index (χ0n) is 11.5. The minimum absolute atomic E-state index is 0.171. The van der Waals surface area contributed by atoms with E-state index in [-0.39, 0.29) is 5.56 Å². The molecule has 5 heteroatoms. The molecule has 0 amide bonds. The predicted octanol–water partition coefficient (Wildman–Crippen LogP) is 3.63. The number of benzene rings is 2. The first-order valence-electron chi connectivity index (χ1n) is 6.70. The standard InChI is InChI=1S/C17H12F2O3/c18-12-3-4-13(14(19)10-12)15(20)5-1-11-2-6-16-17(9-11)22-8-7-21-16/h1-6,9-10H,7-8H2/b5-1+. The number of rotatable bonds is 3. The number of ether oxygens (including phenoxy) is 2. The Hall–Kier alpha value is -2.69. The van der Waals surface area contributed by atoms with Crippen LogP contribution in [0.4, 0.5) is 8.78 Å². The molecule has 3 rings (SSSR count). The largest absolute Gasteiger partial charge is 0.486 e. The van der Waals surface area contributed by atoms with Gasteiger partial charge >= 0.3 is 0 Å². The lowest BCUT2D eigenvalue weighted by Crippen LogP contribution is -2.15. The number of carbonyl (C=O) groups excluding carboxylic acids is 1. The van der Waals surface area contributed by atoms with Crippen molar-refractivity contribution < 1.29 is 23.0 Å². The quantitative estimate of drug-likeness (QED) is 0.641. The number of fused-ring (bicyclic) bond motifs is 1. The van der Waals surface area contributed by atoms with Gasteiger partial charge in [-0.3, -0.25) is 4.79 Å². The predicted molar refractivity (Wildman–Crippen MR) is 77.2 cm³/mol. The van der Waals surface area contributed by atoms with Crippen LogP contribution in [0.1, 0.15) is 15.9 Å². The van der Waals surface area contributed by atoms with Crippen molar-refractivity contribution in [1.29, 1.82) is 0 Å². The molecule has 0 bridgehead atoms. The van der Waals surface area contributed by atoms with Crippen LogP contribution in [0.5, 0.6) is 11.5 Å². The van der Waals surface area contributed by atoms with E-state index in [1.54, 1.807) is 24.3 Å². The van der Waals surface area contributed by atoms with Gasteiger partial charge in [0.25, 0.3) is 0 Å². The average Bonchev–Trinajstić information content (AvgIpc) is 2.52. The number of halogens is 2. The average molecular weight is 302 g/mol. The van der Waals surface area contributed by atoms with E-state index in [0.717, 1.165) is 17.7 Å². The fourth-order valence-electron chi connectivity index (χ4n) is 2.11. The van der Waals surface area contributed by atoms with Gasteiger partial charge in [-0.1, -0.05) is 12.1 Å².